The first-order valence-electron chi connectivity index (χ1n) is 15.4. The van der Waals surface area contributed by atoms with Gasteiger partial charge in [0.05, 0.1) is 0 Å². The van der Waals surface area contributed by atoms with Crippen LogP contribution in [0.1, 0.15) is 76.6 Å². The summed E-state index contributed by atoms with van der Waals surface area (Å²) in [6.07, 6.45) is 7.42. The van der Waals surface area contributed by atoms with Gasteiger partial charge in [-0.2, -0.15) is 0 Å². The summed E-state index contributed by atoms with van der Waals surface area (Å²) in [5.74, 6) is 1.92. The van der Waals surface area contributed by atoms with Crippen LogP contribution in [0.2, 0.25) is 0 Å². The zero-order chi connectivity index (χ0) is 29.3. The van der Waals surface area contributed by atoms with E-state index in [1.165, 1.54) is 33.4 Å². The molecule has 0 spiro atoms. The Labute approximate surface area is 257 Å². The van der Waals surface area contributed by atoms with Crippen molar-refractivity contribution in [3.05, 3.63) is 84.0 Å². The predicted molar refractivity (Wildman–Crippen MR) is 182 cm³/mol. The third-order valence-corrected chi connectivity index (χ3v) is 7.74. The van der Waals surface area contributed by atoms with Gasteiger partial charge in [-0.15, -0.1) is 25.6 Å². The number of rotatable bonds is 20. The van der Waals surface area contributed by atoms with Crippen LogP contribution in [-0.4, -0.2) is 62.3 Å². The van der Waals surface area contributed by atoms with Crippen LogP contribution in [0.3, 0.4) is 0 Å². The lowest BCUT2D eigenvalue weighted by Gasteiger charge is -2.21. The first-order chi connectivity index (χ1) is 19.5. The number of benzene rings is 2. The Morgan fingerprint density at radius 3 is 1.29 bits per heavy atom. The molecule has 0 unspecified atom stereocenters. The highest BCUT2D eigenvalue weighted by Gasteiger charge is 2.14. The summed E-state index contributed by atoms with van der Waals surface area (Å²) in [4.78, 5) is 4.77. The van der Waals surface area contributed by atoms with Gasteiger partial charge in [0, 0.05) is 13.1 Å². The van der Waals surface area contributed by atoms with Crippen molar-refractivity contribution >= 4 is 23.6 Å². The molecule has 2 aromatic rings. The third kappa shape index (κ3) is 11.0. The molecule has 2 rings (SSSR count). The van der Waals surface area contributed by atoms with Gasteiger partial charge >= 0.3 is 0 Å². The van der Waals surface area contributed by atoms with Gasteiger partial charge in [0.1, 0.15) is 24.7 Å². The van der Waals surface area contributed by atoms with Crippen molar-refractivity contribution < 1.29 is 9.47 Å². The summed E-state index contributed by atoms with van der Waals surface area (Å²) < 4.78 is 12.5. The topological polar surface area (TPSA) is 24.9 Å². The minimum Gasteiger partial charge on any atom is -0.492 e. The number of halogens is 1. The SMILES string of the molecule is C=CCc1cc(/C(CC)=C(/CC)c2ccc(OCCN(CC)CC)c(CC=C)c2)ccc1OCCN(CC)CC.Cl. The molecule has 0 fully saturated rings. The van der Waals surface area contributed by atoms with Gasteiger partial charge in [0.2, 0.25) is 0 Å². The highest BCUT2D eigenvalue weighted by Crippen LogP contribution is 2.35. The summed E-state index contributed by atoms with van der Waals surface area (Å²) in [6.45, 7) is 28.7. The van der Waals surface area contributed by atoms with E-state index in [1.54, 1.807) is 0 Å². The molecule has 0 atom stereocenters. The summed E-state index contributed by atoms with van der Waals surface area (Å²) in [7, 11) is 0. The Morgan fingerprint density at radius 2 is 1.00 bits per heavy atom. The second-order valence-electron chi connectivity index (χ2n) is 10.0. The maximum absolute atomic E-state index is 6.25. The van der Waals surface area contributed by atoms with E-state index < -0.39 is 0 Å². The van der Waals surface area contributed by atoms with Crippen molar-refractivity contribution in [3.63, 3.8) is 0 Å². The molecule has 5 heteroatoms. The van der Waals surface area contributed by atoms with E-state index in [9.17, 15) is 0 Å². The van der Waals surface area contributed by atoms with Gasteiger partial charge in [-0.25, -0.2) is 0 Å². The van der Waals surface area contributed by atoms with Crippen molar-refractivity contribution in [1.82, 2.24) is 9.80 Å². The van der Waals surface area contributed by atoms with Crippen molar-refractivity contribution in [2.45, 2.75) is 67.2 Å². The average molecular weight is 583 g/mol. The Morgan fingerprint density at radius 1 is 0.634 bits per heavy atom. The van der Waals surface area contributed by atoms with E-state index in [1.807, 2.05) is 12.2 Å². The Hall–Kier alpha value is -2.53. The molecule has 228 valence electrons. The average Bonchev–Trinajstić information content (AvgIpc) is 2.98. The monoisotopic (exact) mass is 582 g/mol. The lowest BCUT2D eigenvalue weighted by molar-refractivity contribution is 0.222. The van der Waals surface area contributed by atoms with Crippen LogP contribution >= 0.6 is 12.4 Å². The molecule has 41 heavy (non-hydrogen) atoms. The number of nitrogens with zero attached hydrogens (tertiary/aromatic N) is 2. The highest BCUT2D eigenvalue weighted by molar-refractivity contribution is 5.91. The van der Waals surface area contributed by atoms with Crippen LogP contribution < -0.4 is 9.47 Å². The van der Waals surface area contributed by atoms with Gasteiger partial charge < -0.3 is 19.3 Å². The predicted octanol–water partition coefficient (Wildman–Crippen LogP) is 8.74. The van der Waals surface area contributed by atoms with Crippen LogP contribution in [0.5, 0.6) is 11.5 Å². The Kier molecular flexibility index (Phi) is 18.1. The van der Waals surface area contributed by atoms with Crippen LogP contribution in [0.4, 0.5) is 0 Å². The molecule has 0 aromatic heterocycles. The molecule has 0 saturated carbocycles. The van der Waals surface area contributed by atoms with E-state index in [4.69, 9.17) is 9.47 Å². The summed E-state index contributed by atoms with van der Waals surface area (Å²) in [5, 5.41) is 0. The van der Waals surface area contributed by atoms with Crippen LogP contribution in [0, 0.1) is 0 Å². The fourth-order valence-electron chi connectivity index (χ4n) is 5.28. The fourth-order valence-corrected chi connectivity index (χ4v) is 5.28. The minimum atomic E-state index is 0. The molecular weight excluding hydrogens is 528 g/mol. The fraction of sp³-hybridized carbons (Fsp3) is 0.500. The van der Waals surface area contributed by atoms with Crippen LogP contribution in [-0.2, 0) is 12.8 Å². The molecule has 0 amide bonds. The molecule has 0 saturated heterocycles. The van der Waals surface area contributed by atoms with E-state index in [0.29, 0.717) is 13.2 Å². The number of ether oxygens (including phenoxy) is 2. The van der Waals surface area contributed by atoms with Crippen molar-refractivity contribution in [3.8, 4) is 11.5 Å². The van der Waals surface area contributed by atoms with E-state index in [-0.39, 0.29) is 12.4 Å². The lowest BCUT2D eigenvalue weighted by atomic mass is 9.89. The number of hydrogen-bond acceptors (Lipinski definition) is 4. The van der Waals surface area contributed by atoms with Gasteiger partial charge in [-0.1, -0.05) is 65.8 Å². The molecule has 0 aliphatic carbocycles. The maximum atomic E-state index is 6.25. The highest BCUT2D eigenvalue weighted by atomic mass is 35.5. The molecule has 0 aliphatic rings. The largest absolute Gasteiger partial charge is 0.492 e. The molecule has 0 aliphatic heterocycles. The van der Waals surface area contributed by atoms with E-state index >= 15 is 0 Å². The quantitative estimate of drug-likeness (QED) is 0.115. The molecule has 0 radical (unpaired) electrons. The van der Waals surface area contributed by atoms with Crippen LogP contribution in [0.25, 0.3) is 11.1 Å². The lowest BCUT2D eigenvalue weighted by Crippen LogP contribution is -2.28. The second-order valence-corrected chi connectivity index (χ2v) is 10.0. The number of hydrogen-bond donors (Lipinski definition) is 0. The van der Waals surface area contributed by atoms with Gasteiger partial charge in [0.15, 0.2) is 0 Å². The maximum Gasteiger partial charge on any atom is 0.122 e. The standard InChI is InChI=1S/C36H54N2O2.ClH/c1-9-17-31-27-29(19-21-35(31)39-25-23-37(13-5)14-6)33(11-3)34(12-4)30-20-22-36(32(28-30)18-10-2)40-26-24-38(15-7)16-8;/h9-10,19-22,27-28H,1-2,11-18,23-26H2,3-8H3;1H/b34-33-;. The van der Waals surface area contributed by atoms with E-state index in [2.05, 4.69) is 101 Å². The third-order valence-electron chi connectivity index (χ3n) is 7.74. The molecule has 4 nitrogen and oxygen atoms in total. The zero-order valence-corrected chi connectivity index (χ0v) is 27.5. The Balaban J connectivity index is 0.00000840. The van der Waals surface area contributed by atoms with Gasteiger partial charge in [-0.05, 0) is 110 Å². The van der Waals surface area contributed by atoms with Crippen molar-refractivity contribution in [2.75, 3.05) is 52.5 Å². The Bertz CT molecular complexity index is 1000. The molecular formula is C36H55ClN2O2. The molecule has 0 N–H and O–H groups in total. The molecule has 0 bridgehead atoms. The molecule has 2 aromatic carbocycles. The van der Waals surface area contributed by atoms with Gasteiger partial charge in [-0.3, -0.25) is 0 Å². The number of likely N-dealkylation sites (N-methyl/N-ethyl adjacent to an activating group) is 2. The van der Waals surface area contributed by atoms with Crippen molar-refractivity contribution in [1.29, 1.82) is 0 Å². The zero-order valence-electron chi connectivity index (χ0n) is 26.6. The second kappa shape index (κ2) is 20.4. The minimum absolute atomic E-state index is 0. The smallest absolute Gasteiger partial charge is 0.122 e. The summed E-state index contributed by atoms with van der Waals surface area (Å²) in [6, 6.07) is 13.4. The first kappa shape index (κ1) is 36.5. The normalized spacial score (nSPS) is 11.7. The van der Waals surface area contributed by atoms with Gasteiger partial charge in [0.25, 0.3) is 0 Å². The van der Waals surface area contributed by atoms with Crippen molar-refractivity contribution in [2.24, 2.45) is 0 Å². The summed E-state index contributed by atoms with van der Waals surface area (Å²) >= 11 is 0. The van der Waals surface area contributed by atoms with E-state index in [0.717, 1.165) is 76.5 Å². The summed E-state index contributed by atoms with van der Waals surface area (Å²) in [5.41, 5.74) is 7.66. The van der Waals surface area contributed by atoms with Crippen LogP contribution in [0.15, 0.2) is 61.7 Å². The molecule has 0 heterocycles. The first-order valence-corrected chi connectivity index (χ1v) is 15.4. The number of allylic oxidation sites excluding steroid dienone is 4.